The molecule has 2 aliphatic rings. The molecule has 4 aromatic rings. The lowest BCUT2D eigenvalue weighted by atomic mass is 9.91. The maximum atomic E-state index is 13.2. The number of nitrogens with zero attached hydrogens (tertiary/aromatic N) is 6. The minimum atomic E-state index is -0.950. The molecule has 2 aromatic carbocycles. The first-order valence-corrected chi connectivity index (χ1v) is 13.7. The fourth-order valence-electron chi connectivity index (χ4n) is 5.65. The molecular formula is C30H36N6O3. The van der Waals surface area contributed by atoms with Crippen LogP contribution in [-0.4, -0.2) is 79.2 Å². The second kappa shape index (κ2) is 10.6. The summed E-state index contributed by atoms with van der Waals surface area (Å²) in [6.07, 6.45) is 5.63. The van der Waals surface area contributed by atoms with Gasteiger partial charge in [0.1, 0.15) is 23.6 Å². The summed E-state index contributed by atoms with van der Waals surface area (Å²) in [5, 5.41) is 16.2. The number of hydrogen-bond donors (Lipinski definition) is 1. The van der Waals surface area contributed by atoms with E-state index in [1.165, 1.54) is 16.5 Å². The number of aryl methyl sites for hydroxylation is 1. The molecule has 0 saturated carbocycles. The van der Waals surface area contributed by atoms with Gasteiger partial charge in [0.05, 0.1) is 24.0 Å². The molecule has 1 unspecified atom stereocenters. The number of likely N-dealkylation sites (tertiary alicyclic amines) is 2. The first-order valence-electron chi connectivity index (χ1n) is 13.7. The van der Waals surface area contributed by atoms with Crippen molar-refractivity contribution in [2.24, 2.45) is 0 Å². The van der Waals surface area contributed by atoms with Crippen LogP contribution in [0.4, 0.5) is 0 Å². The summed E-state index contributed by atoms with van der Waals surface area (Å²) in [6.45, 7) is 6.67. The van der Waals surface area contributed by atoms with Gasteiger partial charge in [-0.1, -0.05) is 29.8 Å². The zero-order valence-electron chi connectivity index (χ0n) is 22.7. The molecule has 0 radical (unpaired) electrons. The van der Waals surface area contributed by atoms with Crippen LogP contribution in [0.3, 0.4) is 0 Å². The number of hydrogen-bond acceptors (Lipinski definition) is 7. The molecule has 0 amide bonds. The predicted molar refractivity (Wildman–Crippen MR) is 150 cm³/mol. The van der Waals surface area contributed by atoms with Crippen molar-refractivity contribution in [3.63, 3.8) is 0 Å². The van der Waals surface area contributed by atoms with Gasteiger partial charge >= 0.3 is 0 Å². The fraction of sp³-hybridized carbons (Fsp3) is 0.433. The normalized spacial score (nSPS) is 20.0. The molecular weight excluding hydrogens is 492 g/mol. The van der Waals surface area contributed by atoms with E-state index in [9.17, 15) is 9.90 Å². The first-order chi connectivity index (χ1) is 18.8. The highest BCUT2D eigenvalue weighted by molar-refractivity contribution is 5.74. The highest BCUT2D eigenvalue weighted by Gasteiger charge is 2.33. The van der Waals surface area contributed by atoms with Gasteiger partial charge in [-0.25, -0.2) is 9.67 Å². The van der Waals surface area contributed by atoms with E-state index in [0.29, 0.717) is 23.9 Å². The summed E-state index contributed by atoms with van der Waals surface area (Å²) < 4.78 is 9.32. The minimum Gasteiger partial charge on any atom is -0.489 e. The summed E-state index contributed by atoms with van der Waals surface area (Å²) in [7, 11) is 2.13. The number of fused-ring (bicyclic) bond motifs is 1. The van der Waals surface area contributed by atoms with Gasteiger partial charge < -0.3 is 14.7 Å². The van der Waals surface area contributed by atoms with E-state index in [-0.39, 0.29) is 18.2 Å². The smallest absolute Gasteiger partial charge is 0.264 e. The van der Waals surface area contributed by atoms with Gasteiger partial charge in [0, 0.05) is 32.7 Å². The number of aromatic nitrogens is 4. The molecule has 4 heterocycles. The Morgan fingerprint density at radius 2 is 1.79 bits per heavy atom. The Labute approximate surface area is 228 Å². The Morgan fingerprint density at radius 1 is 1.05 bits per heavy atom. The van der Waals surface area contributed by atoms with Crippen molar-refractivity contribution >= 4 is 11.0 Å². The molecule has 9 nitrogen and oxygen atoms in total. The third-order valence-corrected chi connectivity index (χ3v) is 8.06. The highest BCUT2D eigenvalue weighted by Crippen LogP contribution is 2.26. The van der Waals surface area contributed by atoms with Gasteiger partial charge in [0.25, 0.3) is 5.56 Å². The van der Waals surface area contributed by atoms with Crippen LogP contribution in [0.2, 0.25) is 0 Å². The Morgan fingerprint density at radius 3 is 2.49 bits per heavy atom. The molecule has 1 atom stereocenters. The number of piperidine rings is 1. The van der Waals surface area contributed by atoms with Gasteiger partial charge in [-0.3, -0.25) is 14.3 Å². The standard InChI is InChI=1S/C30H36N6O3/c1-22-3-7-24(8-4-22)36-28-27(17-32-36)29(37)35(21-31-28)20-30(38)12-15-34(16-13-30)18-23-5-9-25(10-6-23)39-26-11-14-33(2)19-26/h3-10,17,21,26,38H,11-16,18-20H2,1-2H3. The predicted octanol–water partition coefficient (Wildman–Crippen LogP) is 3.00. The first kappa shape index (κ1) is 25.7. The molecule has 2 aliphatic heterocycles. The molecule has 9 heteroatoms. The lowest BCUT2D eigenvalue weighted by molar-refractivity contribution is -0.0364. The Kier molecular flexibility index (Phi) is 6.97. The van der Waals surface area contributed by atoms with E-state index in [1.807, 2.05) is 31.2 Å². The topological polar surface area (TPSA) is 88.6 Å². The molecule has 1 N–H and O–H groups in total. The van der Waals surface area contributed by atoms with Crippen LogP contribution in [-0.2, 0) is 13.1 Å². The van der Waals surface area contributed by atoms with Gasteiger partial charge in [0.2, 0.25) is 0 Å². The van der Waals surface area contributed by atoms with E-state index in [2.05, 4.69) is 51.2 Å². The van der Waals surface area contributed by atoms with Crippen LogP contribution in [0.15, 0.2) is 65.8 Å². The third kappa shape index (κ3) is 5.61. The summed E-state index contributed by atoms with van der Waals surface area (Å²) in [4.78, 5) is 22.4. The second-order valence-electron chi connectivity index (χ2n) is 11.2. The molecule has 2 aromatic heterocycles. The van der Waals surface area contributed by atoms with Gasteiger partial charge in [0.15, 0.2) is 5.65 Å². The number of aliphatic hydroxyl groups is 1. The fourth-order valence-corrected chi connectivity index (χ4v) is 5.65. The second-order valence-corrected chi connectivity index (χ2v) is 11.2. The summed E-state index contributed by atoms with van der Waals surface area (Å²) in [6, 6.07) is 16.3. The van der Waals surface area contributed by atoms with Gasteiger partial charge in [-0.05, 0) is 63.1 Å². The Hall–Kier alpha value is -3.53. The van der Waals surface area contributed by atoms with Crippen LogP contribution >= 0.6 is 0 Å². The molecule has 204 valence electrons. The van der Waals surface area contributed by atoms with Gasteiger partial charge in [-0.2, -0.15) is 5.10 Å². The van der Waals surface area contributed by atoms with Crippen LogP contribution in [0.5, 0.6) is 5.75 Å². The van der Waals surface area contributed by atoms with Crippen LogP contribution in [0, 0.1) is 6.92 Å². The largest absolute Gasteiger partial charge is 0.489 e. The summed E-state index contributed by atoms with van der Waals surface area (Å²) in [5.74, 6) is 0.924. The minimum absolute atomic E-state index is 0.180. The lowest BCUT2D eigenvalue weighted by Gasteiger charge is -2.38. The monoisotopic (exact) mass is 528 g/mol. The third-order valence-electron chi connectivity index (χ3n) is 8.06. The maximum Gasteiger partial charge on any atom is 0.264 e. The van der Waals surface area contributed by atoms with Crippen molar-refractivity contribution in [3.8, 4) is 11.4 Å². The van der Waals surface area contributed by atoms with E-state index >= 15 is 0 Å². The van der Waals surface area contributed by atoms with Gasteiger partial charge in [-0.15, -0.1) is 0 Å². The zero-order valence-corrected chi connectivity index (χ0v) is 22.7. The van der Waals surface area contributed by atoms with Crippen molar-refractivity contribution in [1.29, 1.82) is 0 Å². The molecule has 0 spiro atoms. The van der Waals surface area contributed by atoms with Crippen LogP contribution < -0.4 is 10.3 Å². The molecule has 0 bridgehead atoms. The molecule has 0 aliphatic carbocycles. The summed E-state index contributed by atoms with van der Waals surface area (Å²) in [5.41, 5.74) is 2.63. The zero-order chi connectivity index (χ0) is 27.0. The maximum absolute atomic E-state index is 13.2. The molecule has 2 saturated heterocycles. The molecule has 6 rings (SSSR count). The number of rotatable bonds is 7. The van der Waals surface area contributed by atoms with Crippen molar-refractivity contribution in [2.75, 3.05) is 33.2 Å². The average Bonchev–Trinajstić information content (AvgIpc) is 3.55. The van der Waals surface area contributed by atoms with E-state index < -0.39 is 5.60 Å². The molecule has 2 fully saturated rings. The number of likely N-dealkylation sites (N-methyl/N-ethyl adjacent to an activating group) is 1. The van der Waals surface area contributed by atoms with E-state index in [0.717, 1.165) is 56.1 Å². The van der Waals surface area contributed by atoms with Crippen LogP contribution in [0.25, 0.3) is 16.7 Å². The summed E-state index contributed by atoms with van der Waals surface area (Å²) >= 11 is 0. The average molecular weight is 529 g/mol. The van der Waals surface area contributed by atoms with E-state index in [1.54, 1.807) is 10.9 Å². The number of ether oxygens (including phenoxy) is 1. The van der Waals surface area contributed by atoms with E-state index in [4.69, 9.17) is 4.74 Å². The SMILES string of the molecule is Cc1ccc(-n2ncc3c(=O)n(CC4(O)CCN(Cc5ccc(OC6CCN(C)C6)cc5)CC4)cnc32)cc1. The highest BCUT2D eigenvalue weighted by atomic mass is 16.5. The van der Waals surface area contributed by atoms with Crippen molar-refractivity contribution in [3.05, 3.63) is 82.5 Å². The van der Waals surface area contributed by atoms with Crippen molar-refractivity contribution in [1.82, 2.24) is 29.1 Å². The van der Waals surface area contributed by atoms with Crippen molar-refractivity contribution < 1.29 is 9.84 Å². The Bertz CT molecular complexity index is 1490. The van der Waals surface area contributed by atoms with Crippen molar-refractivity contribution in [2.45, 2.75) is 51.0 Å². The van der Waals surface area contributed by atoms with Crippen LogP contribution in [0.1, 0.15) is 30.4 Å². The Balaban J connectivity index is 1.06. The lowest BCUT2D eigenvalue weighted by Crippen LogP contribution is -2.47. The quantitative estimate of drug-likeness (QED) is 0.395. The number of benzene rings is 2. The molecule has 39 heavy (non-hydrogen) atoms.